The summed E-state index contributed by atoms with van der Waals surface area (Å²) in [6.45, 7) is 0.378. The van der Waals surface area contributed by atoms with Gasteiger partial charge >= 0.3 is 0 Å². The monoisotopic (exact) mass is 261 g/mol. The third-order valence-corrected chi connectivity index (χ3v) is 4.31. The molecule has 2 aliphatic carbocycles. The maximum absolute atomic E-state index is 12.0. The van der Waals surface area contributed by atoms with Crippen LogP contribution < -0.4 is 5.32 Å². The summed E-state index contributed by atoms with van der Waals surface area (Å²) < 4.78 is 1.83. The molecule has 1 fully saturated rings. The number of hydrogen-bond donors (Lipinski definition) is 1. The van der Waals surface area contributed by atoms with Gasteiger partial charge in [0, 0.05) is 12.2 Å². The quantitative estimate of drug-likeness (QED) is 0.848. The maximum atomic E-state index is 12.0. The maximum Gasteiger partial charge on any atom is 0.241 e. The van der Waals surface area contributed by atoms with Crippen molar-refractivity contribution in [2.75, 3.05) is 0 Å². The van der Waals surface area contributed by atoms with Gasteiger partial charge in [-0.05, 0) is 44.1 Å². The fraction of sp³-hybridized carbons (Fsp3) is 0.733. The third kappa shape index (κ3) is 3.17. The Bertz CT molecular complexity index is 423. The molecular formula is C15H23N3O. The molecule has 0 spiro atoms. The zero-order valence-electron chi connectivity index (χ0n) is 11.5. The minimum absolute atomic E-state index is 0.115. The minimum atomic E-state index is 0.115. The molecule has 1 amide bonds. The number of hydrogen-bond acceptors (Lipinski definition) is 2. The Labute approximate surface area is 114 Å². The van der Waals surface area contributed by atoms with Crippen molar-refractivity contribution in [1.82, 2.24) is 15.1 Å². The molecule has 0 saturated heterocycles. The van der Waals surface area contributed by atoms with Crippen LogP contribution in [0.1, 0.15) is 56.2 Å². The summed E-state index contributed by atoms with van der Waals surface area (Å²) in [5.41, 5.74) is 2.57. The Morgan fingerprint density at radius 2 is 2.00 bits per heavy atom. The minimum Gasteiger partial charge on any atom is -0.352 e. The van der Waals surface area contributed by atoms with Gasteiger partial charge in [-0.15, -0.1) is 0 Å². The number of nitrogens with zero attached hydrogens (tertiary/aromatic N) is 2. The van der Waals surface area contributed by atoms with Gasteiger partial charge in [0.25, 0.3) is 0 Å². The van der Waals surface area contributed by atoms with Gasteiger partial charge in [0.15, 0.2) is 0 Å². The van der Waals surface area contributed by atoms with Crippen molar-refractivity contribution in [1.29, 1.82) is 0 Å². The van der Waals surface area contributed by atoms with Gasteiger partial charge in [0.2, 0.25) is 5.91 Å². The second-order valence-electron chi connectivity index (χ2n) is 5.91. The Kier molecular flexibility index (Phi) is 3.85. The molecule has 104 valence electrons. The zero-order chi connectivity index (χ0) is 13.1. The highest BCUT2D eigenvalue weighted by atomic mass is 16.2. The predicted octanol–water partition coefficient (Wildman–Crippen LogP) is 2.21. The highest BCUT2D eigenvalue weighted by Gasteiger charge is 2.18. The first-order valence-electron chi connectivity index (χ1n) is 7.66. The molecule has 19 heavy (non-hydrogen) atoms. The van der Waals surface area contributed by atoms with Crippen LogP contribution in [0.15, 0.2) is 6.20 Å². The topological polar surface area (TPSA) is 46.9 Å². The van der Waals surface area contributed by atoms with E-state index >= 15 is 0 Å². The molecule has 0 aromatic carbocycles. The number of fused-ring (bicyclic) bond motifs is 1. The Balaban J connectivity index is 1.58. The highest BCUT2D eigenvalue weighted by molar-refractivity contribution is 5.76. The highest BCUT2D eigenvalue weighted by Crippen LogP contribution is 2.19. The molecular weight excluding hydrogens is 238 g/mol. The molecule has 2 aliphatic rings. The molecule has 0 radical (unpaired) electrons. The number of carbonyl (C=O) groups excluding carboxylic acids is 1. The summed E-state index contributed by atoms with van der Waals surface area (Å²) in [7, 11) is 0. The Hall–Kier alpha value is -1.32. The second kappa shape index (κ2) is 5.76. The molecule has 0 unspecified atom stereocenters. The lowest BCUT2D eigenvalue weighted by molar-refractivity contribution is -0.122. The number of rotatable bonds is 3. The molecule has 0 bridgehead atoms. The summed E-state index contributed by atoms with van der Waals surface area (Å²) in [5.74, 6) is 0.115. The summed E-state index contributed by atoms with van der Waals surface area (Å²) in [6, 6.07) is 0.404. The van der Waals surface area contributed by atoms with Crippen LogP contribution in [-0.4, -0.2) is 21.7 Å². The van der Waals surface area contributed by atoms with Crippen LogP contribution in [-0.2, 0) is 24.2 Å². The molecule has 4 heteroatoms. The van der Waals surface area contributed by atoms with E-state index in [9.17, 15) is 4.79 Å². The lowest BCUT2D eigenvalue weighted by atomic mass is 10.1. The smallest absolute Gasteiger partial charge is 0.241 e. The van der Waals surface area contributed by atoms with Crippen molar-refractivity contribution < 1.29 is 4.79 Å². The molecule has 0 atom stereocenters. The van der Waals surface area contributed by atoms with E-state index in [1.165, 1.54) is 43.4 Å². The first kappa shape index (κ1) is 12.7. The van der Waals surface area contributed by atoms with E-state index in [-0.39, 0.29) is 5.91 Å². The van der Waals surface area contributed by atoms with Crippen molar-refractivity contribution in [2.45, 2.75) is 70.4 Å². The Morgan fingerprint density at radius 1 is 1.21 bits per heavy atom. The average Bonchev–Trinajstić information content (AvgIpc) is 2.95. The molecule has 1 N–H and O–H groups in total. The van der Waals surface area contributed by atoms with E-state index in [1.54, 1.807) is 0 Å². The molecule has 4 nitrogen and oxygen atoms in total. The first-order chi connectivity index (χ1) is 9.31. The van der Waals surface area contributed by atoms with Crippen molar-refractivity contribution in [3.05, 3.63) is 17.5 Å². The van der Waals surface area contributed by atoms with Gasteiger partial charge in [-0.3, -0.25) is 9.48 Å². The van der Waals surface area contributed by atoms with Crippen molar-refractivity contribution in [3.63, 3.8) is 0 Å². The summed E-state index contributed by atoms with van der Waals surface area (Å²) in [4.78, 5) is 12.0. The van der Waals surface area contributed by atoms with E-state index in [2.05, 4.69) is 16.6 Å². The van der Waals surface area contributed by atoms with E-state index < -0.39 is 0 Å². The van der Waals surface area contributed by atoms with Crippen LogP contribution in [0.3, 0.4) is 0 Å². The van der Waals surface area contributed by atoms with Gasteiger partial charge in [-0.2, -0.15) is 5.10 Å². The largest absolute Gasteiger partial charge is 0.352 e. The molecule has 1 aromatic heterocycles. The van der Waals surface area contributed by atoms with Crippen LogP contribution in [0.2, 0.25) is 0 Å². The number of nitrogens with one attached hydrogen (secondary N) is 1. The van der Waals surface area contributed by atoms with E-state index in [0.29, 0.717) is 12.6 Å². The van der Waals surface area contributed by atoms with Gasteiger partial charge < -0.3 is 5.32 Å². The fourth-order valence-electron chi connectivity index (χ4n) is 3.28. The lowest BCUT2D eigenvalue weighted by Crippen LogP contribution is -2.35. The number of amides is 1. The van der Waals surface area contributed by atoms with Crippen LogP contribution in [0.25, 0.3) is 0 Å². The molecule has 3 rings (SSSR count). The van der Waals surface area contributed by atoms with Gasteiger partial charge in [0.1, 0.15) is 6.54 Å². The normalized spacial score (nSPS) is 20.0. The zero-order valence-corrected chi connectivity index (χ0v) is 11.5. The van der Waals surface area contributed by atoms with Crippen molar-refractivity contribution in [2.24, 2.45) is 0 Å². The summed E-state index contributed by atoms with van der Waals surface area (Å²) in [5, 5.41) is 7.70. The standard InChI is InChI=1S/C15H23N3O/c19-15(16-13-7-4-5-8-13)11-18-10-12-6-2-1-3-9-14(12)17-18/h10,13H,1-9,11H2,(H,16,19). The molecule has 1 aromatic rings. The van der Waals surface area contributed by atoms with Crippen molar-refractivity contribution >= 4 is 5.91 Å². The number of aryl methyl sites for hydroxylation is 2. The first-order valence-corrected chi connectivity index (χ1v) is 7.66. The SMILES string of the molecule is O=C(Cn1cc2c(n1)CCCCC2)NC1CCCC1. The fourth-order valence-corrected chi connectivity index (χ4v) is 3.28. The molecule has 1 saturated carbocycles. The average molecular weight is 261 g/mol. The van der Waals surface area contributed by atoms with Crippen LogP contribution >= 0.6 is 0 Å². The van der Waals surface area contributed by atoms with Gasteiger partial charge in [-0.25, -0.2) is 0 Å². The predicted molar refractivity (Wildman–Crippen MR) is 73.9 cm³/mol. The van der Waals surface area contributed by atoms with Crippen LogP contribution in [0, 0.1) is 0 Å². The number of aromatic nitrogens is 2. The van der Waals surface area contributed by atoms with Crippen molar-refractivity contribution in [3.8, 4) is 0 Å². The number of carbonyl (C=O) groups is 1. The van der Waals surface area contributed by atoms with E-state index in [0.717, 1.165) is 25.7 Å². The van der Waals surface area contributed by atoms with Gasteiger partial charge in [-0.1, -0.05) is 19.3 Å². The molecule has 0 aliphatic heterocycles. The van der Waals surface area contributed by atoms with Gasteiger partial charge in [0.05, 0.1) is 5.69 Å². The third-order valence-electron chi connectivity index (χ3n) is 4.31. The van der Waals surface area contributed by atoms with Crippen LogP contribution in [0.5, 0.6) is 0 Å². The Morgan fingerprint density at radius 3 is 2.84 bits per heavy atom. The van der Waals surface area contributed by atoms with E-state index in [4.69, 9.17) is 0 Å². The summed E-state index contributed by atoms with van der Waals surface area (Å²) in [6.07, 6.45) is 12.9. The lowest BCUT2D eigenvalue weighted by Gasteiger charge is -2.11. The van der Waals surface area contributed by atoms with E-state index in [1.807, 2.05) is 4.68 Å². The summed E-state index contributed by atoms with van der Waals surface area (Å²) >= 11 is 0. The van der Waals surface area contributed by atoms with Crippen LogP contribution in [0.4, 0.5) is 0 Å². The molecule has 1 heterocycles. The second-order valence-corrected chi connectivity index (χ2v) is 5.91.